The van der Waals surface area contributed by atoms with Crippen LogP contribution >= 0.6 is 0 Å². The van der Waals surface area contributed by atoms with Crippen LogP contribution in [0.15, 0.2) is 102 Å². The van der Waals surface area contributed by atoms with E-state index in [0.29, 0.717) is 48.0 Å². The molecule has 0 spiro atoms. The lowest BCUT2D eigenvalue weighted by atomic mass is 9.76. The van der Waals surface area contributed by atoms with Crippen LogP contribution in [0.2, 0.25) is 0 Å². The molecule has 2 nitrogen and oxygen atoms in total. The normalized spacial score (nSPS) is 23.0. The third-order valence-corrected chi connectivity index (χ3v) is 8.58. The van der Waals surface area contributed by atoms with E-state index in [2.05, 4.69) is 0 Å². The number of halogens is 1. The van der Waals surface area contributed by atoms with Crippen molar-refractivity contribution in [1.29, 1.82) is 0 Å². The van der Waals surface area contributed by atoms with Crippen molar-refractivity contribution in [2.45, 2.75) is 51.2 Å². The molecule has 0 aliphatic heterocycles. The maximum atomic E-state index is 15.7. The van der Waals surface area contributed by atoms with Crippen molar-refractivity contribution in [3.63, 3.8) is 0 Å². The molecule has 41 heavy (non-hydrogen) atoms. The molecule has 2 heterocycles. The molecule has 0 bridgehead atoms. The Balaban J connectivity index is 1.26. The zero-order valence-corrected chi connectivity index (χ0v) is 23.3. The summed E-state index contributed by atoms with van der Waals surface area (Å²) >= 11 is 0. The fourth-order valence-electron chi connectivity index (χ4n) is 6.41. The average Bonchev–Trinajstić information content (AvgIpc) is 3.41. The first-order valence-corrected chi connectivity index (χ1v) is 14.2. The highest BCUT2D eigenvalue weighted by Crippen LogP contribution is 2.43. The number of aromatic nitrogens is 1. The predicted octanol–water partition coefficient (Wildman–Crippen LogP) is 9.94. The SMILES string of the molecule is [2H]C([2H])([2H])c1ccc(-c2c(C)ccc3c2oc2c(-c4ccc(C5([2H])CCC([2H])(c6ccccc6)CC5)cc4)c(F)ccc23)[n+](C)c1. The van der Waals surface area contributed by atoms with E-state index < -0.39 is 24.5 Å². The van der Waals surface area contributed by atoms with Gasteiger partial charge in [0.2, 0.25) is 5.69 Å². The van der Waals surface area contributed by atoms with Gasteiger partial charge in [-0.3, -0.25) is 0 Å². The molecule has 0 radical (unpaired) electrons. The highest BCUT2D eigenvalue weighted by atomic mass is 19.1. The first-order valence-electron chi connectivity index (χ1n) is 16.7. The van der Waals surface area contributed by atoms with Gasteiger partial charge in [-0.15, -0.1) is 0 Å². The maximum Gasteiger partial charge on any atom is 0.216 e. The van der Waals surface area contributed by atoms with Gasteiger partial charge in [0.1, 0.15) is 24.0 Å². The average molecular weight is 546 g/mol. The van der Waals surface area contributed by atoms with Gasteiger partial charge in [-0.25, -0.2) is 8.96 Å². The number of furan rings is 1. The van der Waals surface area contributed by atoms with E-state index >= 15 is 4.39 Å². The zero-order chi connectivity index (χ0) is 32.4. The third-order valence-electron chi connectivity index (χ3n) is 8.58. The van der Waals surface area contributed by atoms with Crippen LogP contribution < -0.4 is 4.57 Å². The fraction of sp³-hybridized carbons (Fsp3) is 0.237. The Morgan fingerprint density at radius 2 is 1.39 bits per heavy atom. The lowest BCUT2D eigenvalue weighted by Gasteiger charge is -2.29. The van der Waals surface area contributed by atoms with E-state index in [9.17, 15) is 1.37 Å². The van der Waals surface area contributed by atoms with Crippen molar-refractivity contribution in [3.05, 3.63) is 125 Å². The van der Waals surface area contributed by atoms with Crippen LogP contribution in [0.1, 0.15) is 66.6 Å². The molecule has 7 rings (SSSR count). The molecule has 0 saturated heterocycles. The van der Waals surface area contributed by atoms with Crippen LogP contribution in [0, 0.1) is 19.6 Å². The van der Waals surface area contributed by atoms with Gasteiger partial charge in [0, 0.05) is 29.3 Å². The van der Waals surface area contributed by atoms with Crippen molar-refractivity contribution < 1.29 is 20.2 Å². The molecule has 3 heteroatoms. The molecule has 2 aromatic heterocycles. The van der Waals surface area contributed by atoms with Crippen LogP contribution in [0.3, 0.4) is 0 Å². The number of rotatable bonds is 4. The molecular formula is C38H35FNO+. The summed E-state index contributed by atoms with van der Waals surface area (Å²) in [6.07, 6.45) is 3.98. The fourth-order valence-corrected chi connectivity index (χ4v) is 6.41. The van der Waals surface area contributed by atoms with Crippen LogP contribution in [-0.4, -0.2) is 0 Å². The largest absolute Gasteiger partial charge is 0.454 e. The molecule has 0 amide bonds. The van der Waals surface area contributed by atoms with Crippen molar-refractivity contribution in [1.82, 2.24) is 0 Å². The summed E-state index contributed by atoms with van der Waals surface area (Å²) in [6.45, 7) is -0.240. The number of nitrogens with zero attached hydrogens (tertiary/aromatic N) is 1. The minimum atomic E-state index is -2.22. The standard InChI is InChI=1S/C38H35FNO/c1-24-9-22-34(40(3)23-24)35-25(2)10-19-31-32-20-21-33(39)36(38(32)41-37(31)35)30-17-15-29(16-18-30)28-13-11-27(12-14-28)26-7-5-4-6-8-26/h4-10,15-23,27-28H,11-14H2,1-3H3/q+1/i1D3,27D,28D. The first-order chi connectivity index (χ1) is 21.9. The van der Waals surface area contributed by atoms with Crippen molar-refractivity contribution in [2.24, 2.45) is 7.05 Å². The van der Waals surface area contributed by atoms with E-state index in [0.717, 1.165) is 38.7 Å². The number of pyridine rings is 1. The molecule has 1 saturated carbocycles. The van der Waals surface area contributed by atoms with Crippen LogP contribution in [-0.2, 0) is 7.05 Å². The number of fused-ring (bicyclic) bond motifs is 3. The van der Waals surface area contributed by atoms with Crippen LogP contribution in [0.4, 0.5) is 4.39 Å². The summed E-state index contributed by atoms with van der Waals surface area (Å²) in [7, 11) is 1.81. The summed E-state index contributed by atoms with van der Waals surface area (Å²) < 4.78 is 65.8. The lowest BCUT2D eigenvalue weighted by molar-refractivity contribution is -0.660. The molecule has 4 aromatic carbocycles. The molecule has 1 fully saturated rings. The Kier molecular flexibility index (Phi) is 5.18. The highest BCUT2D eigenvalue weighted by molar-refractivity contribution is 6.13. The van der Waals surface area contributed by atoms with Gasteiger partial charge in [-0.2, -0.15) is 0 Å². The van der Waals surface area contributed by atoms with E-state index in [4.69, 9.17) is 9.90 Å². The molecule has 0 N–H and O–H groups in total. The Labute approximate surface area is 248 Å². The van der Waals surface area contributed by atoms with E-state index in [1.165, 1.54) is 6.07 Å². The lowest BCUT2D eigenvalue weighted by Crippen LogP contribution is -2.31. The molecule has 0 unspecified atom stereocenters. The second-order valence-electron chi connectivity index (χ2n) is 11.1. The quantitative estimate of drug-likeness (QED) is 0.201. The van der Waals surface area contributed by atoms with Crippen molar-refractivity contribution in [3.8, 4) is 22.4 Å². The van der Waals surface area contributed by atoms with Gasteiger partial charge < -0.3 is 4.42 Å². The molecule has 1 aliphatic rings. The van der Waals surface area contributed by atoms with E-state index in [-0.39, 0.29) is 5.56 Å². The van der Waals surface area contributed by atoms with E-state index in [1.54, 1.807) is 29.0 Å². The van der Waals surface area contributed by atoms with Crippen LogP contribution in [0.25, 0.3) is 44.3 Å². The third kappa shape index (κ3) is 4.54. The first kappa shape index (κ1) is 20.6. The monoisotopic (exact) mass is 545 g/mol. The van der Waals surface area contributed by atoms with Gasteiger partial charge in [-0.05, 0) is 91.7 Å². The number of hydrogen-bond donors (Lipinski definition) is 0. The maximum absolute atomic E-state index is 15.7. The van der Waals surface area contributed by atoms with Crippen LogP contribution in [0.5, 0.6) is 0 Å². The molecule has 1 aliphatic carbocycles. The van der Waals surface area contributed by atoms with Gasteiger partial charge in [-0.1, -0.05) is 66.7 Å². The predicted molar refractivity (Wildman–Crippen MR) is 166 cm³/mol. The Morgan fingerprint density at radius 1 is 0.756 bits per heavy atom. The van der Waals surface area contributed by atoms with Gasteiger partial charge in [0.05, 0.1) is 11.1 Å². The minimum Gasteiger partial charge on any atom is -0.454 e. The summed E-state index contributed by atoms with van der Waals surface area (Å²) in [6, 6.07) is 28.1. The molecule has 0 atom stereocenters. The summed E-state index contributed by atoms with van der Waals surface area (Å²) in [5.41, 5.74) is 6.76. The highest BCUT2D eigenvalue weighted by Gasteiger charge is 2.25. The Hall–Kier alpha value is -4.24. The second kappa shape index (κ2) is 10.3. The second-order valence-corrected chi connectivity index (χ2v) is 11.1. The topological polar surface area (TPSA) is 17.0 Å². The van der Waals surface area contributed by atoms with Crippen molar-refractivity contribution >= 4 is 21.9 Å². The zero-order valence-electron chi connectivity index (χ0n) is 28.3. The smallest absolute Gasteiger partial charge is 0.216 e. The summed E-state index contributed by atoms with van der Waals surface area (Å²) in [5.74, 6) is -1.89. The summed E-state index contributed by atoms with van der Waals surface area (Å²) in [5, 5.41) is 1.63. The van der Waals surface area contributed by atoms with E-state index in [1.807, 2.05) is 80.7 Å². The summed E-state index contributed by atoms with van der Waals surface area (Å²) in [4.78, 5) is 0. The molecule has 204 valence electrons. The van der Waals surface area contributed by atoms with Gasteiger partial charge in [0.15, 0.2) is 6.20 Å². The Morgan fingerprint density at radius 3 is 2.05 bits per heavy atom. The van der Waals surface area contributed by atoms with Gasteiger partial charge >= 0.3 is 0 Å². The number of benzene rings is 4. The van der Waals surface area contributed by atoms with Gasteiger partial charge in [0.25, 0.3) is 0 Å². The number of aryl methyl sites for hydroxylation is 3. The van der Waals surface area contributed by atoms with Crippen molar-refractivity contribution in [2.75, 3.05) is 0 Å². The molecule has 6 aromatic rings. The Bertz CT molecular complexity index is 2090. The minimum absolute atomic E-state index is 0.249. The number of hydrogen-bond acceptors (Lipinski definition) is 1. The molecular weight excluding hydrogens is 505 g/mol.